The molecule has 0 saturated heterocycles. The summed E-state index contributed by atoms with van der Waals surface area (Å²) in [6, 6.07) is 0. The Kier molecular flexibility index (Phi) is 1.68. The minimum absolute atomic E-state index is 0.0212. The fourth-order valence-electron chi connectivity index (χ4n) is 3.86. The van der Waals surface area contributed by atoms with Gasteiger partial charge < -0.3 is 0 Å². The molecule has 0 heterocycles. The van der Waals surface area contributed by atoms with Gasteiger partial charge in [0.2, 0.25) is 0 Å². The minimum Gasteiger partial charge on any atom is -0.299 e. The van der Waals surface area contributed by atoms with Crippen LogP contribution in [0.1, 0.15) is 51.4 Å². The van der Waals surface area contributed by atoms with Crippen molar-refractivity contribution in [2.24, 2.45) is 10.8 Å². The zero-order chi connectivity index (χ0) is 9.65. The molecule has 14 heavy (non-hydrogen) atoms. The van der Waals surface area contributed by atoms with Crippen molar-refractivity contribution in [1.29, 1.82) is 0 Å². The van der Waals surface area contributed by atoms with Crippen LogP contribution in [-0.2, 0) is 4.79 Å². The molecule has 0 spiro atoms. The number of rotatable bonds is 0. The molecule has 0 amide bonds. The van der Waals surface area contributed by atoms with Gasteiger partial charge in [0, 0.05) is 11.8 Å². The second-order valence-corrected chi connectivity index (χ2v) is 5.30. The summed E-state index contributed by atoms with van der Waals surface area (Å²) >= 11 is 0. The van der Waals surface area contributed by atoms with Crippen LogP contribution in [0.2, 0.25) is 0 Å². The highest BCUT2D eigenvalue weighted by Crippen LogP contribution is 2.64. The molecule has 2 atom stereocenters. The van der Waals surface area contributed by atoms with Gasteiger partial charge in [0.1, 0.15) is 5.78 Å². The van der Waals surface area contributed by atoms with E-state index in [1.807, 2.05) is 0 Å². The molecule has 2 saturated carbocycles. The molecule has 2 fully saturated rings. The summed E-state index contributed by atoms with van der Waals surface area (Å²) in [6.45, 7) is 0. The van der Waals surface area contributed by atoms with Crippen molar-refractivity contribution in [3.8, 4) is 0 Å². The highest BCUT2D eigenvalue weighted by atomic mass is 16.1. The van der Waals surface area contributed by atoms with E-state index in [-0.39, 0.29) is 5.41 Å². The second-order valence-electron chi connectivity index (χ2n) is 5.30. The van der Waals surface area contributed by atoms with E-state index in [9.17, 15) is 4.79 Å². The zero-order valence-corrected chi connectivity index (χ0v) is 8.72. The van der Waals surface area contributed by atoms with Crippen LogP contribution in [0.3, 0.4) is 0 Å². The van der Waals surface area contributed by atoms with Gasteiger partial charge in [-0.05, 0) is 19.3 Å². The Morgan fingerprint density at radius 1 is 0.929 bits per heavy atom. The average molecular weight is 190 g/mol. The topological polar surface area (TPSA) is 17.1 Å². The number of hydrogen-bond donors (Lipinski definition) is 0. The van der Waals surface area contributed by atoms with Crippen molar-refractivity contribution < 1.29 is 4.79 Å². The fourth-order valence-corrected chi connectivity index (χ4v) is 3.86. The first-order chi connectivity index (χ1) is 6.79. The van der Waals surface area contributed by atoms with Crippen LogP contribution < -0.4 is 0 Å². The van der Waals surface area contributed by atoms with Crippen molar-refractivity contribution in [2.45, 2.75) is 51.4 Å². The van der Waals surface area contributed by atoms with Crippen molar-refractivity contribution in [3.05, 3.63) is 12.2 Å². The standard InChI is InChI=1S/C13H18O/c14-11-5-8-12-6-3-1-2-4-7-13(11,12)10-9-12/h9-10H,1-8H2. The van der Waals surface area contributed by atoms with Crippen molar-refractivity contribution >= 4 is 5.78 Å². The molecule has 2 unspecified atom stereocenters. The van der Waals surface area contributed by atoms with Gasteiger partial charge in [-0.15, -0.1) is 0 Å². The second kappa shape index (κ2) is 2.71. The highest BCUT2D eigenvalue weighted by molar-refractivity contribution is 5.92. The van der Waals surface area contributed by atoms with Gasteiger partial charge in [0.15, 0.2) is 0 Å². The molecule has 0 bridgehead atoms. The third-order valence-electron chi connectivity index (χ3n) is 4.82. The van der Waals surface area contributed by atoms with Crippen LogP contribution >= 0.6 is 0 Å². The lowest BCUT2D eigenvalue weighted by Crippen LogP contribution is -2.46. The summed E-state index contributed by atoms with van der Waals surface area (Å²) < 4.78 is 0. The Hall–Kier alpha value is -0.590. The lowest BCUT2D eigenvalue weighted by molar-refractivity contribution is -0.128. The SMILES string of the molecule is O=C1CCC23C=CC12CCCCCC3. The summed E-state index contributed by atoms with van der Waals surface area (Å²) in [5.74, 6) is 0.543. The first kappa shape index (κ1) is 8.70. The largest absolute Gasteiger partial charge is 0.299 e. The van der Waals surface area contributed by atoms with Crippen LogP contribution in [-0.4, -0.2) is 5.78 Å². The van der Waals surface area contributed by atoms with Gasteiger partial charge in [-0.2, -0.15) is 0 Å². The summed E-state index contributed by atoms with van der Waals surface area (Å²) in [5, 5.41) is 0. The predicted molar refractivity (Wildman–Crippen MR) is 55.9 cm³/mol. The molecule has 0 aromatic heterocycles. The number of ketones is 1. The van der Waals surface area contributed by atoms with E-state index >= 15 is 0 Å². The predicted octanol–water partition coefficient (Wildman–Crippen LogP) is 3.25. The molecule has 0 aliphatic heterocycles. The highest BCUT2D eigenvalue weighted by Gasteiger charge is 2.61. The summed E-state index contributed by atoms with van der Waals surface area (Å²) in [7, 11) is 0. The summed E-state index contributed by atoms with van der Waals surface area (Å²) in [4.78, 5) is 12.0. The Morgan fingerprint density at radius 3 is 2.43 bits per heavy atom. The van der Waals surface area contributed by atoms with Crippen LogP contribution in [0, 0.1) is 10.8 Å². The van der Waals surface area contributed by atoms with E-state index in [0.717, 1.165) is 19.3 Å². The van der Waals surface area contributed by atoms with Crippen molar-refractivity contribution in [2.75, 3.05) is 0 Å². The third kappa shape index (κ3) is 0.838. The van der Waals surface area contributed by atoms with E-state index in [1.165, 1.54) is 32.1 Å². The van der Waals surface area contributed by atoms with Gasteiger partial charge in [-0.25, -0.2) is 0 Å². The normalized spacial score (nSPS) is 46.1. The van der Waals surface area contributed by atoms with Gasteiger partial charge in [0.05, 0.1) is 5.41 Å². The van der Waals surface area contributed by atoms with E-state index in [0.29, 0.717) is 11.2 Å². The van der Waals surface area contributed by atoms with E-state index in [1.54, 1.807) is 0 Å². The summed E-state index contributed by atoms with van der Waals surface area (Å²) in [6.07, 6.45) is 14.3. The number of carbonyl (C=O) groups is 1. The molecule has 0 aromatic carbocycles. The molecule has 1 heteroatoms. The molecular formula is C13H18O. The lowest BCUT2D eigenvalue weighted by atomic mass is 9.53. The smallest absolute Gasteiger partial charge is 0.143 e. The van der Waals surface area contributed by atoms with Gasteiger partial charge in [0.25, 0.3) is 0 Å². The molecule has 76 valence electrons. The van der Waals surface area contributed by atoms with Crippen LogP contribution in [0.15, 0.2) is 12.2 Å². The molecule has 0 aromatic rings. The summed E-state index contributed by atoms with van der Waals surface area (Å²) in [5.41, 5.74) is 0.345. The molecule has 3 aliphatic carbocycles. The Bertz CT molecular complexity index is 304. The average Bonchev–Trinajstić information content (AvgIpc) is 2.33. The fraction of sp³-hybridized carbons (Fsp3) is 0.769. The Balaban J connectivity index is 1.98. The monoisotopic (exact) mass is 190 g/mol. The number of carbonyl (C=O) groups excluding carboxylic acids is 1. The molecule has 0 radical (unpaired) electrons. The van der Waals surface area contributed by atoms with Gasteiger partial charge in [-0.3, -0.25) is 4.79 Å². The molecular weight excluding hydrogens is 172 g/mol. The molecule has 3 rings (SSSR count). The van der Waals surface area contributed by atoms with Gasteiger partial charge >= 0.3 is 0 Å². The van der Waals surface area contributed by atoms with Crippen LogP contribution in [0.25, 0.3) is 0 Å². The molecule has 3 aliphatic rings. The molecule has 1 nitrogen and oxygen atoms in total. The zero-order valence-electron chi connectivity index (χ0n) is 8.72. The maximum atomic E-state index is 12.0. The first-order valence-corrected chi connectivity index (χ1v) is 6.03. The van der Waals surface area contributed by atoms with E-state index in [4.69, 9.17) is 0 Å². The minimum atomic E-state index is 0.0212. The van der Waals surface area contributed by atoms with E-state index < -0.39 is 0 Å². The molecule has 0 N–H and O–H groups in total. The van der Waals surface area contributed by atoms with Crippen LogP contribution in [0.4, 0.5) is 0 Å². The van der Waals surface area contributed by atoms with Crippen LogP contribution in [0.5, 0.6) is 0 Å². The number of allylic oxidation sites excluding steroid dienone is 2. The first-order valence-electron chi connectivity index (χ1n) is 6.03. The lowest BCUT2D eigenvalue weighted by Gasteiger charge is -2.49. The van der Waals surface area contributed by atoms with Gasteiger partial charge in [-0.1, -0.05) is 37.8 Å². The maximum absolute atomic E-state index is 12.0. The quantitative estimate of drug-likeness (QED) is 0.536. The Labute approximate surface area is 85.6 Å². The van der Waals surface area contributed by atoms with Crippen molar-refractivity contribution in [1.82, 2.24) is 0 Å². The van der Waals surface area contributed by atoms with Crippen molar-refractivity contribution in [3.63, 3.8) is 0 Å². The number of Topliss-reactive ketones (excluding diaryl/α,β-unsaturated/α-hetero) is 1. The van der Waals surface area contributed by atoms with E-state index in [2.05, 4.69) is 12.2 Å². The number of hydrogen-bond acceptors (Lipinski definition) is 1. The Morgan fingerprint density at radius 2 is 1.71 bits per heavy atom. The maximum Gasteiger partial charge on any atom is 0.143 e. The third-order valence-corrected chi connectivity index (χ3v) is 4.82.